The van der Waals surface area contributed by atoms with Crippen LogP contribution in [0.15, 0.2) is 46.2 Å². The van der Waals surface area contributed by atoms with Gasteiger partial charge in [-0.15, -0.1) is 0 Å². The van der Waals surface area contributed by atoms with E-state index in [9.17, 15) is 25.3 Å². The molecule has 182 valence electrons. The highest BCUT2D eigenvalue weighted by atomic mass is 32.2. The number of nitrogens with one attached hydrogen (secondary N) is 1. The number of sulfonamides is 2. The Balaban J connectivity index is 1.88. The zero-order valence-electron chi connectivity index (χ0n) is 19.2. The van der Waals surface area contributed by atoms with E-state index in [-0.39, 0.29) is 40.8 Å². The van der Waals surface area contributed by atoms with Crippen LogP contribution in [0.25, 0.3) is 0 Å². The quantitative estimate of drug-likeness (QED) is 0.576. The Hall–Kier alpha value is -1.79. The third-order valence-corrected chi connectivity index (χ3v) is 11.3. The average molecular weight is 515 g/mol. The van der Waals surface area contributed by atoms with Gasteiger partial charge in [-0.3, -0.25) is 0 Å². The number of nitrogens with zero attached hydrogens (tertiary/aromatic N) is 1. The molecule has 2 aromatic carbocycles. The van der Waals surface area contributed by atoms with Crippen LogP contribution in [0.1, 0.15) is 28.7 Å². The predicted octanol–water partition coefficient (Wildman–Crippen LogP) is 2.08. The van der Waals surface area contributed by atoms with E-state index in [1.54, 1.807) is 38.1 Å². The van der Waals surface area contributed by atoms with E-state index < -0.39 is 35.9 Å². The molecule has 11 heteroatoms. The van der Waals surface area contributed by atoms with Gasteiger partial charge in [0.1, 0.15) is 0 Å². The molecule has 1 atom stereocenters. The van der Waals surface area contributed by atoms with Gasteiger partial charge < -0.3 is 0 Å². The van der Waals surface area contributed by atoms with Crippen molar-refractivity contribution in [1.29, 1.82) is 0 Å². The molecule has 1 aliphatic heterocycles. The van der Waals surface area contributed by atoms with Crippen LogP contribution in [-0.2, 0) is 29.9 Å². The van der Waals surface area contributed by atoms with Crippen LogP contribution >= 0.6 is 0 Å². The minimum atomic E-state index is -4.04. The molecule has 1 saturated heterocycles. The molecule has 0 radical (unpaired) electrons. The van der Waals surface area contributed by atoms with Crippen LogP contribution < -0.4 is 4.72 Å². The van der Waals surface area contributed by atoms with E-state index in [0.717, 1.165) is 15.4 Å². The van der Waals surface area contributed by atoms with Gasteiger partial charge in [-0.2, -0.15) is 4.31 Å². The summed E-state index contributed by atoms with van der Waals surface area (Å²) in [5.41, 5.74) is 2.98. The van der Waals surface area contributed by atoms with Gasteiger partial charge in [0.05, 0.1) is 21.3 Å². The van der Waals surface area contributed by atoms with Crippen molar-refractivity contribution >= 4 is 29.9 Å². The number of hydrogen-bond donors (Lipinski definition) is 1. The normalized spacial score (nSPS) is 18.6. The molecule has 3 rings (SSSR count). The molecular formula is C22H30N2O6S3. The first-order valence-corrected chi connectivity index (χ1v) is 15.3. The maximum absolute atomic E-state index is 13.5. The van der Waals surface area contributed by atoms with E-state index in [0.29, 0.717) is 11.1 Å². The standard InChI is InChI=1S/C22H30N2O6S3/c1-16-5-7-21(18(3)13-16)32(27,28)23-10-11-24(20-9-12-31(25,26)15-20)33(29,30)22-8-6-17(2)14-19(22)4/h5-8,13-14,20,23H,9-12,15H2,1-4H3/t20-/m1/s1. The molecule has 1 N–H and O–H groups in total. The second-order valence-electron chi connectivity index (χ2n) is 8.61. The van der Waals surface area contributed by atoms with Crippen LogP contribution in [0.5, 0.6) is 0 Å². The molecule has 0 saturated carbocycles. The molecule has 0 aromatic heterocycles. The topological polar surface area (TPSA) is 118 Å². The van der Waals surface area contributed by atoms with Gasteiger partial charge in [0.15, 0.2) is 9.84 Å². The van der Waals surface area contributed by atoms with Crippen LogP contribution in [0, 0.1) is 27.7 Å². The second kappa shape index (κ2) is 9.46. The molecule has 1 fully saturated rings. The van der Waals surface area contributed by atoms with E-state index in [4.69, 9.17) is 0 Å². The fourth-order valence-corrected chi connectivity index (χ4v) is 9.12. The zero-order chi connectivity index (χ0) is 24.6. The van der Waals surface area contributed by atoms with Crippen molar-refractivity contribution in [2.24, 2.45) is 0 Å². The summed E-state index contributed by atoms with van der Waals surface area (Å²) >= 11 is 0. The lowest BCUT2D eigenvalue weighted by atomic mass is 10.2. The molecular weight excluding hydrogens is 484 g/mol. The lowest BCUT2D eigenvalue weighted by Gasteiger charge is -2.28. The third-order valence-electron chi connectivity index (χ3n) is 5.78. The molecule has 8 nitrogen and oxygen atoms in total. The number of aryl methyl sites for hydroxylation is 4. The predicted molar refractivity (Wildman–Crippen MR) is 128 cm³/mol. The lowest BCUT2D eigenvalue weighted by Crippen LogP contribution is -2.45. The number of benzene rings is 2. The van der Waals surface area contributed by atoms with Crippen LogP contribution in [-0.4, -0.2) is 60.2 Å². The van der Waals surface area contributed by atoms with E-state index >= 15 is 0 Å². The van der Waals surface area contributed by atoms with Crippen molar-refractivity contribution in [3.05, 3.63) is 58.7 Å². The van der Waals surface area contributed by atoms with Gasteiger partial charge in [-0.05, 0) is 57.4 Å². The molecule has 2 aromatic rings. The monoisotopic (exact) mass is 514 g/mol. The Morgan fingerprint density at radius 3 is 1.94 bits per heavy atom. The summed E-state index contributed by atoms with van der Waals surface area (Å²) in [7, 11) is -11.3. The van der Waals surface area contributed by atoms with E-state index in [1.165, 1.54) is 12.1 Å². The van der Waals surface area contributed by atoms with Gasteiger partial charge in [-0.25, -0.2) is 30.0 Å². The smallest absolute Gasteiger partial charge is 0.229 e. The first kappa shape index (κ1) is 25.8. The molecule has 1 aliphatic rings. The SMILES string of the molecule is Cc1ccc(S(=O)(=O)NCCN([C@@H]2CCS(=O)(=O)C2)S(=O)(=O)c2ccc(C)cc2C)c(C)c1. The maximum Gasteiger partial charge on any atom is 0.243 e. The Labute approximate surface area is 197 Å². The van der Waals surface area contributed by atoms with Gasteiger partial charge in [0, 0.05) is 19.1 Å². The summed E-state index contributed by atoms with van der Waals surface area (Å²) in [6.45, 7) is 6.74. The molecule has 33 heavy (non-hydrogen) atoms. The number of sulfone groups is 1. The van der Waals surface area contributed by atoms with E-state index in [1.807, 2.05) is 13.8 Å². The van der Waals surface area contributed by atoms with Crippen molar-refractivity contribution in [3.8, 4) is 0 Å². The summed E-state index contributed by atoms with van der Waals surface area (Å²) in [6.07, 6.45) is 0.177. The zero-order valence-corrected chi connectivity index (χ0v) is 21.6. The summed E-state index contributed by atoms with van der Waals surface area (Å²) in [5, 5.41) is 0. The number of hydrogen-bond acceptors (Lipinski definition) is 6. The highest BCUT2D eigenvalue weighted by Crippen LogP contribution is 2.27. The van der Waals surface area contributed by atoms with Crippen LogP contribution in [0.4, 0.5) is 0 Å². The molecule has 0 amide bonds. The Bertz CT molecular complexity index is 1370. The second-order valence-corrected chi connectivity index (χ2v) is 14.4. The van der Waals surface area contributed by atoms with Gasteiger partial charge >= 0.3 is 0 Å². The highest BCUT2D eigenvalue weighted by molar-refractivity contribution is 7.92. The van der Waals surface area contributed by atoms with Crippen molar-refractivity contribution in [1.82, 2.24) is 9.03 Å². The first-order valence-electron chi connectivity index (χ1n) is 10.6. The molecule has 0 spiro atoms. The average Bonchev–Trinajstić information content (AvgIpc) is 3.03. The summed E-state index contributed by atoms with van der Waals surface area (Å²) in [4.78, 5) is 0.218. The van der Waals surface area contributed by atoms with Crippen LogP contribution in [0.2, 0.25) is 0 Å². The maximum atomic E-state index is 13.5. The molecule has 0 bridgehead atoms. The summed E-state index contributed by atoms with van der Waals surface area (Å²) in [5.74, 6) is -0.369. The highest BCUT2D eigenvalue weighted by Gasteiger charge is 2.39. The van der Waals surface area contributed by atoms with E-state index in [2.05, 4.69) is 4.72 Å². The van der Waals surface area contributed by atoms with Gasteiger partial charge in [0.2, 0.25) is 20.0 Å². The van der Waals surface area contributed by atoms with Gasteiger partial charge in [-0.1, -0.05) is 35.4 Å². The third kappa shape index (κ3) is 5.83. The minimum Gasteiger partial charge on any atom is -0.229 e. The summed E-state index contributed by atoms with van der Waals surface area (Å²) < 4.78 is 80.4. The number of rotatable bonds is 8. The summed E-state index contributed by atoms with van der Waals surface area (Å²) in [6, 6.07) is 9.17. The largest absolute Gasteiger partial charge is 0.243 e. The Kier molecular flexibility index (Phi) is 7.40. The fraction of sp³-hybridized carbons (Fsp3) is 0.455. The van der Waals surface area contributed by atoms with Gasteiger partial charge in [0.25, 0.3) is 0 Å². The van der Waals surface area contributed by atoms with Crippen molar-refractivity contribution in [2.75, 3.05) is 24.6 Å². The minimum absolute atomic E-state index is 0.0923. The molecule has 0 unspecified atom stereocenters. The Morgan fingerprint density at radius 2 is 1.45 bits per heavy atom. The lowest BCUT2D eigenvalue weighted by molar-refractivity contribution is 0.343. The fourth-order valence-electron chi connectivity index (χ4n) is 4.19. The van der Waals surface area contributed by atoms with Crippen molar-refractivity contribution in [3.63, 3.8) is 0 Å². The van der Waals surface area contributed by atoms with Crippen molar-refractivity contribution < 1.29 is 25.3 Å². The van der Waals surface area contributed by atoms with Crippen LogP contribution in [0.3, 0.4) is 0 Å². The van der Waals surface area contributed by atoms with Crippen molar-refractivity contribution in [2.45, 2.75) is 49.9 Å². The molecule has 0 aliphatic carbocycles. The molecule has 1 heterocycles. The first-order chi connectivity index (χ1) is 15.2. The Morgan fingerprint density at radius 1 is 0.909 bits per heavy atom.